The SMILES string of the molecule is CC(C)Oc1cccc(C2/C(=C(/O)c3ccc4c(c3)OCO4)C(=O)C(=O)N2c2ccccc2)c1. The molecule has 1 fully saturated rings. The first-order chi connectivity index (χ1) is 16.4. The van der Waals surface area contributed by atoms with E-state index < -0.39 is 17.7 Å². The third kappa shape index (κ3) is 3.75. The summed E-state index contributed by atoms with van der Waals surface area (Å²) in [5.41, 5.74) is 1.54. The molecule has 172 valence electrons. The van der Waals surface area contributed by atoms with Gasteiger partial charge in [-0.1, -0.05) is 30.3 Å². The molecular formula is C27H23NO6. The highest BCUT2D eigenvalue weighted by molar-refractivity contribution is 6.51. The van der Waals surface area contributed by atoms with Gasteiger partial charge in [0.15, 0.2) is 11.5 Å². The van der Waals surface area contributed by atoms with Gasteiger partial charge in [0.25, 0.3) is 11.7 Å². The van der Waals surface area contributed by atoms with Gasteiger partial charge in [-0.2, -0.15) is 0 Å². The molecule has 0 aromatic heterocycles. The number of Topliss-reactive ketones (excluding diaryl/α,β-unsaturated/α-hetero) is 1. The average molecular weight is 457 g/mol. The van der Waals surface area contributed by atoms with Crippen LogP contribution in [-0.4, -0.2) is 29.7 Å². The molecule has 0 saturated carbocycles. The molecule has 2 aliphatic rings. The number of rotatable bonds is 5. The van der Waals surface area contributed by atoms with E-state index in [-0.39, 0.29) is 24.2 Å². The second kappa shape index (κ2) is 8.59. The normalized spacial score (nSPS) is 18.6. The average Bonchev–Trinajstić information content (AvgIpc) is 3.41. The third-order valence-electron chi connectivity index (χ3n) is 5.67. The van der Waals surface area contributed by atoms with E-state index in [0.717, 1.165) is 0 Å². The molecule has 7 heteroatoms. The second-order valence-corrected chi connectivity index (χ2v) is 8.31. The van der Waals surface area contributed by atoms with Crippen LogP contribution in [0.5, 0.6) is 17.2 Å². The molecule has 1 atom stereocenters. The Bertz CT molecular complexity index is 1300. The van der Waals surface area contributed by atoms with Crippen molar-refractivity contribution in [2.45, 2.75) is 26.0 Å². The number of ether oxygens (including phenoxy) is 3. The maximum atomic E-state index is 13.3. The van der Waals surface area contributed by atoms with Crippen LogP contribution in [0.2, 0.25) is 0 Å². The van der Waals surface area contributed by atoms with Gasteiger partial charge in [-0.3, -0.25) is 14.5 Å². The number of amides is 1. The van der Waals surface area contributed by atoms with Gasteiger partial charge in [-0.05, 0) is 61.9 Å². The Balaban J connectivity index is 1.69. The summed E-state index contributed by atoms with van der Waals surface area (Å²) in [5, 5.41) is 11.3. The molecule has 1 saturated heterocycles. The van der Waals surface area contributed by atoms with Crippen LogP contribution in [0.3, 0.4) is 0 Å². The van der Waals surface area contributed by atoms with Crippen molar-refractivity contribution in [3.63, 3.8) is 0 Å². The number of hydrogen-bond acceptors (Lipinski definition) is 6. The highest BCUT2D eigenvalue weighted by Crippen LogP contribution is 2.44. The second-order valence-electron chi connectivity index (χ2n) is 8.31. The first kappa shape index (κ1) is 21.6. The van der Waals surface area contributed by atoms with Gasteiger partial charge in [0.1, 0.15) is 11.5 Å². The third-order valence-corrected chi connectivity index (χ3v) is 5.67. The summed E-state index contributed by atoms with van der Waals surface area (Å²) in [6, 6.07) is 20.2. The Morgan fingerprint density at radius 1 is 0.971 bits per heavy atom. The van der Waals surface area contributed by atoms with Crippen molar-refractivity contribution in [1.82, 2.24) is 0 Å². The molecule has 1 N–H and O–H groups in total. The van der Waals surface area contributed by atoms with Crippen molar-refractivity contribution in [1.29, 1.82) is 0 Å². The van der Waals surface area contributed by atoms with Gasteiger partial charge < -0.3 is 19.3 Å². The maximum absolute atomic E-state index is 13.3. The lowest BCUT2D eigenvalue weighted by Gasteiger charge is -2.26. The molecular weight excluding hydrogens is 434 g/mol. The quantitative estimate of drug-likeness (QED) is 0.336. The van der Waals surface area contributed by atoms with Gasteiger partial charge in [0.2, 0.25) is 6.79 Å². The molecule has 1 unspecified atom stereocenters. The van der Waals surface area contributed by atoms with Crippen LogP contribution < -0.4 is 19.1 Å². The summed E-state index contributed by atoms with van der Waals surface area (Å²) < 4.78 is 16.6. The van der Waals surface area contributed by atoms with E-state index in [1.54, 1.807) is 54.6 Å². The zero-order valence-corrected chi connectivity index (χ0v) is 18.7. The largest absolute Gasteiger partial charge is 0.507 e. The molecule has 1 amide bonds. The van der Waals surface area contributed by atoms with Gasteiger partial charge >= 0.3 is 0 Å². The Kier molecular flexibility index (Phi) is 5.45. The molecule has 0 aliphatic carbocycles. The number of ketones is 1. The number of anilines is 1. The van der Waals surface area contributed by atoms with Gasteiger partial charge in [0, 0.05) is 11.3 Å². The lowest BCUT2D eigenvalue weighted by molar-refractivity contribution is -0.132. The lowest BCUT2D eigenvalue weighted by Crippen LogP contribution is -2.29. The fraction of sp³-hybridized carbons (Fsp3) is 0.185. The molecule has 7 nitrogen and oxygen atoms in total. The molecule has 5 rings (SSSR count). The topological polar surface area (TPSA) is 85.3 Å². The minimum atomic E-state index is -0.844. The van der Waals surface area contributed by atoms with Crippen LogP contribution in [0.25, 0.3) is 5.76 Å². The number of fused-ring (bicyclic) bond motifs is 1. The number of carbonyl (C=O) groups excluding carboxylic acids is 2. The van der Waals surface area contributed by atoms with Crippen molar-refractivity contribution in [2.24, 2.45) is 0 Å². The van der Waals surface area contributed by atoms with Crippen molar-refractivity contribution in [3.8, 4) is 17.2 Å². The number of aliphatic hydroxyl groups is 1. The molecule has 34 heavy (non-hydrogen) atoms. The van der Waals surface area contributed by atoms with Crippen molar-refractivity contribution < 1.29 is 28.9 Å². The zero-order chi connectivity index (χ0) is 23.8. The van der Waals surface area contributed by atoms with Gasteiger partial charge in [0.05, 0.1) is 17.7 Å². The number of hydrogen-bond donors (Lipinski definition) is 1. The fourth-order valence-electron chi connectivity index (χ4n) is 4.23. The molecule has 2 heterocycles. The number of carbonyl (C=O) groups is 2. The number of aliphatic hydroxyl groups excluding tert-OH is 1. The van der Waals surface area contributed by atoms with E-state index >= 15 is 0 Å². The summed E-state index contributed by atoms with van der Waals surface area (Å²) in [5.74, 6) is -0.140. The zero-order valence-electron chi connectivity index (χ0n) is 18.7. The van der Waals surface area contributed by atoms with Crippen LogP contribution in [-0.2, 0) is 9.59 Å². The van der Waals surface area contributed by atoms with Crippen LogP contribution in [0.4, 0.5) is 5.69 Å². The lowest BCUT2D eigenvalue weighted by atomic mass is 9.95. The molecule has 0 radical (unpaired) electrons. The first-order valence-electron chi connectivity index (χ1n) is 11.0. The molecule has 2 aliphatic heterocycles. The minimum Gasteiger partial charge on any atom is -0.507 e. The highest BCUT2D eigenvalue weighted by atomic mass is 16.7. The highest BCUT2D eigenvalue weighted by Gasteiger charge is 2.47. The van der Waals surface area contributed by atoms with E-state index in [4.69, 9.17) is 14.2 Å². The van der Waals surface area contributed by atoms with Crippen LogP contribution >= 0.6 is 0 Å². The van der Waals surface area contributed by atoms with Crippen LogP contribution in [0.15, 0.2) is 78.4 Å². The Morgan fingerprint density at radius 3 is 2.50 bits per heavy atom. The van der Waals surface area contributed by atoms with E-state index in [9.17, 15) is 14.7 Å². The van der Waals surface area contributed by atoms with E-state index in [0.29, 0.717) is 34.1 Å². The smallest absolute Gasteiger partial charge is 0.300 e. The van der Waals surface area contributed by atoms with Gasteiger partial charge in [-0.15, -0.1) is 0 Å². The number of para-hydroxylation sites is 1. The minimum absolute atomic E-state index is 0.00517. The standard InChI is InChI=1S/C27H23NO6/c1-16(2)34-20-10-6-7-17(13-20)24-23(25(29)18-11-12-21-22(14-18)33-15-32-21)26(30)27(31)28(24)19-8-4-3-5-9-19/h3-14,16,24,29H,15H2,1-2H3/b25-23-. The fourth-order valence-corrected chi connectivity index (χ4v) is 4.23. The summed E-state index contributed by atoms with van der Waals surface area (Å²) >= 11 is 0. The Hall–Kier alpha value is -4.26. The molecule has 3 aromatic carbocycles. The van der Waals surface area contributed by atoms with Crippen LogP contribution in [0.1, 0.15) is 31.0 Å². The summed E-state index contributed by atoms with van der Waals surface area (Å²) in [6.07, 6.45) is -0.0515. The van der Waals surface area contributed by atoms with E-state index in [1.165, 1.54) is 4.90 Å². The number of nitrogens with zero attached hydrogens (tertiary/aromatic N) is 1. The summed E-state index contributed by atoms with van der Waals surface area (Å²) in [6.45, 7) is 3.92. The summed E-state index contributed by atoms with van der Waals surface area (Å²) in [7, 11) is 0. The van der Waals surface area contributed by atoms with Crippen molar-refractivity contribution in [2.75, 3.05) is 11.7 Å². The van der Waals surface area contributed by atoms with Crippen molar-refractivity contribution in [3.05, 3.63) is 89.5 Å². The van der Waals surface area contributed by atoms with E-state index in [1.807, 2.05) is 32.0 Å². The van der Waals surface area contributed by atoms with Gasteiger partial charge in [-0.25, -0.2) is 0 Å². The predicted octanol–water partition coefficient (Wildman–Crippen LogP) is 4.83. The molecule has 3 aromatic rings. The Morgan fingerprint density at radius 2 is 1.74 bits per heavy atom. The maximum Gasteiger partial charge on any atom is 0.300 e. The summed E-state index contributed by atoms with van der Waals surface area (Å²) in [4.78, 5) is 27.9. The first-order valence-corrected chi connectivity index (χ1v) is 11.0. The predicted molar refractivity (Wildman–Crippen MR) is 126 cm³/mol. The molecule has 0 spiro atoms. The van der Waals surface area contributed by atoms with E-state index in [2.05, 4.69) is 0 Å². The monoisotopic (exact) mass is 457 g/mol. The molecule has 0 bridgehead atoms. The van der Waals surface area contributed by atoms with Crippen molar-refractivity contribution >= 4 is 23.1 Å². The Labute approximate surface area is 196 Å². The number of benzene rings is 3. The van der Waals surface area contributed by atoms with Crippen LogP contribution in [0, 0.1) is 0 Å².